The second-order valence-corrected chi connectivity index (χ2v) is 6.14. The van der Waals surface area contributed by atoms with E-state index in [-0.39, 0.29) is 6.61 Å². The number of hydrogen-bond acceptors (Lipinski definition) is 4. The van der Waals surface area contributed by atoms with Gasteiger partial charge < -0.3 is 15.6 Å². The van der Waals surface area contributed by atoms with Crippen LogP contribution in [0.3, 0.4) is 0 Å². The molecule has 21 heavy (non-hydrogen) atoms. The number of nitrogens with two attached hydrogens (primary N) is 1. The third kappa shape index (κ3) is 5.87. The molecule has 2 aromatic carbocycles. The Bertz CT molecular complexity index is 545. The number of thioether (sulfide) groups is 1. The maximum atomic E-state index is 9.90. The lowest BCUT2D eigenvalue weighted by Gasteiger charge is -2.12. The summed E-state index contributed by atoms with van der Waals surface area (Å²) < 4.78 is 5.50. The number of nitrogen functional groups attached to an aromatic ring is 1. The normalized spacial score (nSPS) is 12.1. The van der Waals surface area contributed by atoms with Gasteiger partial charge >= 0.3 is 0 Å². The van der Waals surface area contributed by atoms with E-state index in [1.807, 2.05) is 24.3 Å². The van der Waals surface area contributed by atoms with Gasteiger partial charge in [-0.25, -0.2) is 0 Å². The molecule has 1 atom stereocenters. The first-order chi connectivity index (χ1) is 10.1. The Kier molecular flexibility index (Phi) is 6.23. The van der Waals surface area contributed by atoms with Gasteiger partial charge in [-0.2, -0.15) is 11.8 Å². The van der Waals surface area contributed by atoms with E-state index in [0.29, 0.717) is 17.2 Å². The molecule has 0 heterocycles. The van der Waals surface area contributed by atoms with E-state index in [2.05, 4.69) is 0 Å². The van der Waals surface area contributed by atoms with E-state index in [0.717, 1.165) is 10.8 Å². The molecule has 5 heteroatoms. The van der Waals surface area contributed by atoms with E-state index in [9.17, 15) is 5.11 Å². The summed E-state index contributed by atoms with van der Waals surface area (Å²) in [7, 11) is 0. The SMILES string of the molecule is Nc1ccc(OCC(O)CSCc2ccc(Cl)cc2)cc1. The zero-order chi connectivity index (χ0) is 15.1. The van der Waals surface area contributed by atoms with Gasteiger partial charge in [0.15, 0.2) is 0 Å². The minimum absolute atomic E-state index is 0.275. The van der Waals surface area contributed by atoms with E-state index >= 15 is 0 Å². The first kappa shape index (κ1) is 16.0. The molecule has 3 nitrogen and oxygen atoms in total. The van der Waals surface area contributed by atoms with Crippen LogP contribution in [0, 0.1) is 0 Å². The van der Waals surface area contributed by atoms with Crippen LogP contribution in [-0.2, 0) is 5.75 Å². The van der Waals surface area contributed by atoms with Crippen LogP contribution in [0.5, 0.6) is 5.75 Å². The number of aliphatic hydroxyl groups excluding tert-OH is 1. The summed E-state index contributed by atoms with van der Waals surface area (Å²) in [6.45, 7) is 0.275. The maximum absolute atomic E-state index is 9.90. The summed E-state index contributed by atoms with van der Waals surface area (Å²) in [6.07, 6.45) is -0.500. The molecule has 0 saturated heterocycles. The third-order valence-electron chi connectivity index (χ3n) is 2.81. The lowest BCUT2D eigenvalue weighted by molar-refractivity contribution is 0.126. The topological polar surface area (TPSA) is 55.5 Å². The van der Waals surface area contributed by atoms with Crippen molar-refractivity contribution in [3.05, 3.63) is 59.1 Å². The number of halogens is 1. The highest BCUT2D eigenvalue weighted by Crippen LogP contribution is 2.17. The van der Waals surface area contributed by atoms with Crippen LogP contribution in [-0.4, -0.2) is 23.6 Å². The molecule has 0 aromatic heterocycles. The molecule has 112 valence electrons. The number of aliphatic hydroxyl groups is 1. The third-order valence-corrected chi connectivity index (χ3v) is 4.22. The fourth-order valence-corrected chi connectivity index (χ4v) is 2.74. The maximum Gasteiger partial charge on any atom is 0.119 e. The largest absolute Gasteiger partial charge is 0.491 e. The number of hydrogen-bond donors (Lipinski definition) is 2. The Morgan fingerprint density at radius 2 is 1.76 bits per heavy atom. The number of rotatable bonds is 7. The quantitative estimate of drug-likeness (QED) is 0.764. The summed E-state index contributed by atoms with van der Waals surface area (Å²) in [5.41, 5.74) is 7.48. The van der Waals surface area contributed by atoms with Gasteiger partial charge in [-0.15, -0.1) is 0 Å². The molecule has 0 aliphatic carbocycles. The Labute approximate surface area is 134 Å². The van der Waals surface area contributed by atoms with Gasteiger partial charge in [-0.3, -0.25) is 0 Å². The van der Waals surface area contributed by atoms with Gasteiger partial charge in [-0.1, -0.05) is 23.7 Å². The highest BCUT2D eigenvalue weighted by atomic mass is 35.5. The molecule has 0 aliphatic heterocycles. The van der Waals surface area contributed by atoms with Crippen LogP contribution in [0.15, 0.2) is 48.5 Å². The first-order valence-electron chi connectivity index (χ1n) is 6.62. The molecular weight excluding hydrogens is 306 g/mol. The second-order valence-electron chi connectivity index (χ2n) is 4.68. The predicted molar refractivity (Wildman–Crippen MR) is 90.0 cm³/mol. The van der Waals surface area contributed by atoms with Crippen molar-refractivity contribution in [2.45, 2.75) is 11.9 Å². The summed E-state index contributed by atoms with van der Waals surface area (Å²) in [5.74, 6) is 2.18. The van der Waals surface area contributed by atoms with Crippen molar-refractivity contribution in [1.82, 2.24) is 0 Å². The predicted octanol–water partition coefficient (Wildman–Crippen LogP) is 3.60. The van der Waals surface area contributed by atoms with Crippen molar-refractivity contribution in [3.8, 4) is 5.75 Å². The minimum atomic E-state index is -0.500. The summed E-state index contributed by atoms with van der Waals surface area (Å²) in [4.78, 5) is 0. The van der Waals surface area contributed by atoms with Crippen LogP contribution in [0.1, 0.15) is 5.56 Å². The molecule has 0 radical (unpaired) electrons. The van der Waals surface area contributed by atoms with E-state index in [1.54, 1.807) is 36.0 Å². The fourth-order valence-electron chi connectivity index (χ4n) is 1.70. The van der Waals surface area contributed by atoms with Gasteiger partial charge in [0.05, 0.1) is 6.10 Å². The molecule has 2 rings (SSSR count). The molecule has 2 aromatic rings. The fraction of sp³-hybridized carbons (Fsp3) is 0.250. The van der Waals surface area contributed by atoms with Crippen LogP contribution in [0.2, 0.25) is 5.02 Å². The number of benzene rings is 2. The van der Waals surface area contributed by atoms with Gasteiger partial charge in [0.25, 0.3) is 0 Å². The molecule has 1 unspecified atom stereocenters. The zero-order valence-electron chi connectivity index (χ0n) is 11.5. The van der Waals surface area contributed by atoms with Crippen LogP contribution >= 0.6 is 23.4 Å². The Morgan fingerprint density at radius 3 is 2.43 bits per heavy atom. The van der Waals surface area contributed by atoms with Crippen molar-refractivity contribution in [2.75, 3.05) is 18.1 Å². The van der Waals surface area contributed by atoms with Gasteiger partial charge in [0.2, 0.25) is 0 Å². The van der Waals surface area contributed by atoms with Gasteiger partial charge in [-0.05, 0) is 42.0 Å². The monoisotopic (exact) mass is 323 g/mol. The molecule has 3 N–H and O–H groups in total. The van der Waals surface area contributed by atoms with Crippen molar-refractivity contribution >= 4 is 29.1 Å². The Hall–Kier alpha value is -1.36. The highest BCUT2D eigenvalue weighted by Gasteiger charge is 2.06. The minimum Gasteiger partial charge on any atom is -0.491 e. The first-order valence-corrected chi connectivity index (χ1v) is 8.15. The van der Waals surface area contributed by atoms with Crippen LogP contribution in [0.25, 0.3) is 0 Å². The summed E-state index contributed by atoms with van der Waals surface area (Å²) >= 11 is 7.50. The molecule has 0 fully saturated rings. The van der Waals surface area contributed by atoms with Gasteiger partial charge in [0.1, 0.15) is 12.4 Å². The second kappa shape index (κ2) is 8.17. The number of ether oxygens (including phenoxy) is 1. The molecule has 0 saturated carbocycles. The van der Waals surface area contributed by atoms with Gasteiger partial charge in [0, 0.05) is 22.2 Å². The smallest absolute Gasteiger partial charge is 0.119 e. The van der Waals surface area contributed by atoms with Crippen molar-refractivity contribution in [1.29, 1.82) is 0 Å². The summed E-state index contributed by atoms with van der Waals surface area (Å²) in [6, 6.07) is 14.9. The molecule has 0 aliphatic rings. The Balaban J connectivity index is 1.66. The van der Waals surface area contributed by atoms with E-state index < -0.39 is 6.10 Å². The van der Waals surface area contributed by atoms with E-state index in [1.165, 1.54) is 5.56 Å². The van der Waals surface area contributed by atoms with Crippen LogP contribution < -0.4 is 10.5 Å². The highest BCUT2D eigenvalue weighted by molar-refractivity contribution is 7.98. The molecule has 0 spiro atoms. The zero-order valence-corrected chi connectivity index (χ0v) is 13.1. The van der Waals surface area contributed by atoms with Crippen molar-refractivity contribution < 1.29 is 9.84 Å². The van der Waals surface area contributed by atoms with Crippen molar-refractivity contribution in [3.63, 3.8) is 0 Å². The Morgan fingerprint density at radius 1 is 1.10 bits per heavy atom. The van der Waals surface area contributed by atoms with Crippen molar-refractivity contribution in [2.24, 2.45) is 0 Å². The molecular formula is C16H18ClNO2S. The average Bonchev–Trinajstić information content (AvgIpc) is 2.49. The molecule has 0 amide bonds. The molecule has 0 bridgehead atoms. The van der Waals surface area contributed by atoms with E-state index in [4.69, 9.17) is 22.1 Å². The summed E-state index contributed by atoms with van der Waals surface area (Å²) in [5, 5.41) is 10.6. The lowest BCUT2D eigenvalue weighted by atomic mass is 10.2. The number of anilines is 1. The average molecular weight is 324 g/mol. The van der Waals surface area contributed by atoms with Crippen LogP contribution in [0.4, 0.5) is 5.69 Å². The lowest BCUT2D eigenvalue weighted by Crippen LogP contribution is -2.20. The standard InChI is InChI=1S/C16H18ClNO2S/c17-13-3-1-12(2-4-13)10-21-11-15(19)9-20-16-7-5-14(18)6-8-16/h1-8,15,19H,9-11,18H2.